The predicted molar refractivity (Wildman–Crippen MR) is 64.7 cm³/mol. The molecule has 0 unspecified atom stereocenters. The molecule has 0 fully saturated rings. The number of hydrogen-bond acceptors (Lipinski definition) is 3. The van der Waals surface area contributed by atoms with Gasteiger partial charge < -0.3 is 9.64 Å². The van der Waals surface area contributed by atoms with Gasteiger partial charge in [-0.25, -0.2) is 4.79 Å². The lowest BCUT2D eigenvalue weighted by Crippen LogP contribution is -2.21. The van der Waals surface area contributed by atoms with Crippen LogP contribution in [0.2, 0.25) is 0 Å². The summed E-state index contributed by atoms with van der Waals surface area (Å²) in [6.45, 7) is 2.19. The number of likely N-dealkylation sites (N-methyl/N-ethyl adjacent to an activating group) is 1. The Bertz CT molecular complexity index is 369. The Kier molecular flexibility index (Phi) is 4.58. The Morgan fingerprint density at radius 1 is 1.31 bits per heavy atom. The second-order valence-electron chi connectivity index (χ2n) is 3.56. The number of carbonyl (C=O) groups is 1. The molecule has 0 spiro atoms. The van der Waals surface area contributed by atoms with Gasteiger partial charge in [-0.05, 0) is 18.6 Å². The zero-order valence-electron chi connectivity index (χ0n) is 9.93. The lowest BCUT2D eigenvalue weighted by Gasteiger charge is -2.15. The SMILES string of the molecule is CCOC(=O)/C(=C\c1ccccc1)N(C)C. The number of rotatable bonds is 4. The molecule has 0 N–H and O–H groups in total. The highest BCUT2D eigenvalue weighted by atomic mass is 16.5. The van der Waals surface area contributed by atoms with Gasteiger partial charge in [-0.15, -0.1) is 0 Å². The maximum absolute atomic E-state index is 11.7. The Morgan fingerprint density at radius 3 is 2.44 bits per heavy atom. The number of nitrogens with zero attached hydrogens (tertiary/aromatic N) is 1. The summed E-state index contributed by atoms with van der Waals surface area (Å²) in [5.41, 5.74) is 1.53. The standard InChI is InChI=1S/C13H17NO2/c1-4-16-13(15)12(14(2)3)10-11-8-6-5-7-9-11/h5-10H,4H2,1-3H3/b12-10+. The first kappa shape index (κ1) is 12.3. The van der Waals surface area contributed by atoms with E-state index in [0.717, 1.165) is 5.56 Å². The van der Waals surface area contributed by atoms with E-state index in [1.165, 1.54) is 0 Å². The van der Waals surface area contributed by atoms with Crippen LogP contribution in [0.15, 0.2) is 36.0 Å². The van der Waals surface area contributed by atoms with Crippen LogP contribution in [0, 0.1) is 0 Å². The number of hydrogen-bond donors (Lipinski definition) is 0. The van der Waals surface area contributed by atoms with Crippen molar-refractivity contribution in [2.45, 2.75) is 6.92 Å². The van der Waals surface area contributed by atoms with Crippen LogP contribution in [0.25, 0.3) is 6.08 Å². The molecule has 3 heteroatoms. The summed E-state index contributed by atoms with van der Waals surface area (Å²) in [6, 6.07) is 9.71. The molecule has 0 aromatic heterocycles. The molecule has 0 saturated carbocycles. The fraction of sp³-hybridized carbons (Fsp3) is 0.308. The van der Waals surface area contributed by atoms with Crippen molar-refractivity contribution in [2.24, 2.45) is 0 Å². The third kappa shape index (κ3) is 3.42. The number of ether oxygens (including phenoxy) is 1. The van der Waals surface area contributed by atoms with Crippen LogP contribution in [0.4, 0.5) is 0 Å². The second-order valence-corrected chi connectivity index (χ2v) is 3.56. The van der Waals surface area contributed by atoms with Crippen molar-refractivity contribution in [3.8, 4) is 0 Å². The van der Waals surface area contributed by atoms with Gasteiger partial charge in [0.1, 0.15) is 5.70 Å². The van der Waals surface area contributed by atoms with Crippen molar-refractivity contribution in [3.05, 3.63) is 41.6 Å². The summed E-state index contributed by atoms with van der Waals surface area (Å²) in [5, 5.41) is 0. The normalized spacial score (nSPS) is 11.1. The molecule has 16 heavy (non-hydrogen) atoms. The summed E-state index contributed by atoms with van der Waals surface area (Å²) < 4.78 is 4.99. The van der Waals surface area contributed by atoms with Crippen LogP contribution in [-0.4, -0.2) is 31.6 Å². The molecule has 0 bridgehead atoms. The van der Waals surface area contributed by atoms with Crippen LogP contribution in [0.1, 0.15) is 12.5 Å². The van der Waals surface area contributed by atoms with Gasteiger partial charge in [-0.2, -0.15) is 0 Å². The molecule has 3 nitrogen and oxygen atoms in total. The Morgan fingerprint density at radius 2 is 1.94 bits per heavy atom. The van der Waals surface area contributed by atoms with Gasteiger partial charge >= 0.3 is 5.97 Å². The molecule has 0 radical (unpaired) electrons. The van der Waals surface area contributed by atoms with Crippen LogP contribution in [0.5, 0.6) is 0 Å². The van der Waals surface area contributed by atoms with Gasteiger partial charge in [0.05, 0.1) is 6.61 Å². The van der Waals surface area contributed by atoms with E-state index in [0.29, 0.717) is 12.3 Å². The topological polar surface area (TPSA) is 29.5 Å². The molecular weight excluding hydrogens is 202 g/mol. The fourth-order valence-corrected chi connectivity index (χ4v) is 1.28. The quantitative estimate of drug-likeness (QED) is 0.574. The molecule has 86 valence electrons. The molecule has 0 aliphatic carbocycles. The third-order valence-electron chi connectivity index (χ3n) is 2.07. The molecule has 0 aliphatic rings. The predicted octanol–water partition coefficient (Wildman–Crippen LogP) is 2.15. The fourth-order valence-electron chi connectivity index (χ4n) is 1.28. The summed E-state index contributed by atoms with van der Waals surface area (Å²) in [4.78, 5) is 13.4. The van der Waals surface area contributed by atoms with Crippen molar-refractivity contribution in [1.82, 2.24) is 4.90 Å². The smallest absolute Gasteiger partial charge is 0.354 e. The number of benzene rings is 1. The van der Waals surface area contributed by atoms with Gasteiger partial charge in [0.15, 0.2) is 0 Å². The largest absolute Gasteiger partial charge is 0.461 e. The third-order valence-corrected chi connectivity index (χ3v) is 2.07. The van der Waals surface area contributed by atoms with Gasteiger partial charge in [0.25, 0.3) is 0 Å². The highest BCUT2D eigenvalue weighted by Crippen LogP contribution is 2.10. The highest BCUT2D eigenvalue weighted by molar-refractivity contribution is 5.92. The molecule has 0 saturated heterocycles. The van der Waals surface area contributed by atoms with Crippen molar-refractivity contribution in [1.29, 1.82) is 0 Å². The Labute approximate surface area is 96.3 Å². The summed E-state index contributed by atoms with van der Waals surface area (Å²) in [5.74, 6) is -0.295. The minimum Gasteiger partial charge on any atom is -0.461 e. The van der Waals surface area contributed by atoms with Gasteiger partial charge in [-0.1, -0.05) is 30.3 Å². The van der Waals surface area contributed by atoms with Gasteiger partial charge in [-0.3, -0.25) is 0 Å². The van der Waals surface area contributed by atoms with E-state index in [1.807, 2.05) is 50.5 Å². The van der Waals surface area contributed by atoms with Crippen LogP contribution in [0.3, 0.4) is 0 Å². The molecule has 1 rings (SSSR count). The van der Waals surface area contributed by atoms with Crippen molar-refractivity contribution < 1.29 is 9.53 Å². The summed E-state index contributed by atoms with van der Waals surface area (Å²) >= 11 is 0. The minimum atomic E-state index is -0.295. The first-order valence-corrected chi connectivity index (χ1v) is 5.26. The van der Waals surface area contributed by atoms with Crippen LogP contribution >= 0.6 is 0 Å². The molecule has 1 aromatic rings. The van der Waals surface area contributed by atoms with Gasteiger partial charge in [0.2, 0.25) is 0 Å². The Balaban J connectivity index is 2.94. The lowest BCUT2D eigenvalue weighted by atomic mass is 10.2. The van der Waals surface area contributed by atoms with E-state index in [1.54, 1.807) is 11.8 Å². The van der Waals surface area contributed by atoms with E-state index in [9.17, 15) is 4.79 Å². The zero-order chi connectivity index (χ0) is 12.0. The maximum atomic E-state index is 11.7. The molecule has 0 atom stereocenters. The maximum Gasteiger partial charge on any atom is 0.354 e. The van der Waals surface area contributed by atoms with Crippen molar-refractivity contribution in [2.75, 3.05) is 20.7 Å². The average Bonchev–Trinajstić information content (AvgIpc) is 2.27. The van der Waals surface area contributed by atoms with Crippen LogP contribution in [-0.2, 0) is 9.53 Å². The molecular formula is C13H17NO2. The minimum absolute atomic E-state index is 0.295. The molecule has 0 amide bonds. The van der Waals surface area contributed by atoms with E-state index < -0.39 is 0 Å². The summed E-state index contributed by atoms with van der Waals surface area (Å²) in [7, 11) is 3.65. The zero-order valence-corrected chi connectivity index (χ0v) is 9.93. The molecule has 0 aliphatic heterocycles. The first-order valence-electron chi connectivity index (χ1n) is 5.26. The van der Waals surface area contributed by atoms with Gasteiger partial charge in [0, 0.05) is 14.1 Å². The number of carbonyl (C=O) groups excluding carboxylic acids is 1. The lowest BCUT2D eigenvalue weighted by molar-refractivity contribution is -0.139. The number of esters is 1. The summed E-state index contributed by atoms with van der Waals surface area (Å²) in [6.07, 6.45) is 1.82. The van der Waals surface area contributed by atoms with Crippen molar-refractivity contribution in [3.63, 3.8) is 0 Å². The molecule has 1 aromatic carbocycles. The molecule has 0 heterocycles. The Hall–Kier alpha value is -1.77. The van der Waals surface area contributed by atoms with E-state index >= 15 is 0 Å². The van der Waals surface area contributed by atoms with Crippen molar-refractivity contribution >= 4 is 12.0 Å². The first-order chi connectivity index (χ1) is 7.65. The van der Waals surface area contributed by atoms with E-state index in [4.69, 9.17) is 4.74 Å². The van der Waals surface area contributed by atoms with Crippen LogP contribution < -0.4 is 0 Å². The van der Waals surface area contributed by atoms with E-state index in [2.05, 4.69) is 0 Å². The highest BCUT2D eigenvalue weighted by Gasteiger charge is 2.12. The van der Waals surface area contributed by atoms with E-state index in [-0.39, 0.29) is 5.97 Å². The monoisotopic (exact) mass is 219 g/mol. The average molecular weight is 219 g/mol. The second kappa shape index (κ2) is 5.95.